The van der Waals surface area contributed by atoms with Gasteiger partial charge >= 0.3 is 0 Å². The Morgan fingerprint density at radius 3 is 2.65 bits per heavy atom. The minimum atomic E-state index is 0.0932. The number of hydrogen-bond acceptors (Lipinski definition) is 3. The summed E-state index contributed by atoms with van der Waals surface area (Å²) in [7, 11) is 0. The highest BCUT2D eigenvalue weighted by atomic mass is 32.1. The summed E-state index contributed by atoms with van der Waals surface area (Å²) >= 11 is 1.65. The van der Waals surface area contributed by atoms with Crippen LogP contribution in [-0.2, 0) is 11.2 Å². The lowest BCUT2D eigenvalue weighted by Crippen LogP contribution is -2.25. The summed E-state index contributed by atoms with van der Waals surface area (Å²) in [5, 5.41) is 6.06. The van der Waals surface area contributed by atoms with Crippen LogP contribution in [0.4, 0.5) is 0 Å². The zero-order valence-electron chi connectivity index (χ0n) is 12.0. The van der Waals surface area contributed by atoms with Crippen LogP contribution in [0.1, 0.15) is 30.3 Å². The number of aromatic nitrogens is 1. The number of aryl methyl sites for hydroxylation is 1. The van der Waals surface area contributed by atoms with Crippen LogP contribution in [0, 0.1) is 6.92 Å². The van der Waals surface area contributed by atoms with Crippen molar-refractivity contribution in [1.82, 2.24) is 10.3 Å². The first kappa shape index (κ1) is 14.7. The molecule has 106 valence electrons. The number of nitrogens with zero attached hydrogens (tertiary/aromatic N) is 1. The van der Waals surface area contributed by atoms with Gasteiger partial charge in [-0.2, -0.15) is 0 Å². The van der Waals surface area contributed by atoms with Gasteiger partial charge in [0.2, 0.25) is 5.91 Å². The van der Waals surface area contributed by atoms with Crippen LogP contribution in [0.5, 0.6) is 0 Å². The average molecular weight is 288 g/mol. The molecule has 1 aromatic carbocycles. The lowest BCUT2D eigenvalue weighted by atomic mass is 10.1. The summed E-state index contributed by atoms with van der Waals surface area (Å²) in [6, 6.07) is 8.07. The minimum Gasteiger partial charge on any atom is -0.356 e. The number of unbranched alkanes of at least 4 members (excludes halogenated alkanes) is 1. The highest BCUT2D eigenvalue weighted by Gasteiger charge is 2.05. The van der Waals surface area contributed by atoms with Crippen LogP contribution in [0.25, 0.3) is 11.3 Å². The van der Waals surface area contributed by atoms with Gasteiger partial charge < -0.3 is 5.32 Å². The fourth-order valence-corrected chi connectivity index (χ4v) is 2.56. The third-order valence-electron chi connectivity index (χ3n) is 3.09. The third-order valence-corrected chi connectivity index (χ3v) is 3.86. The summed E-state index contributed by atoms with van der Waals surface area (Å²) in [4.78, 5) is 16.2. The fourth-order valence-electron chi connectivity index (χ4n) is 1.94. The molecule has 1 heterocycles. The fraction of sp³-hybridized carbons (Fsp3) is 0.375. The molecule has 0 unspecified atom stereocenters. The van der Waals surface area contributed by atoms with Crippen molar-refractivity contribution in [2.75, 3.05) is 6.54 Å². The van der Waals surface area contributed by atoms with Gasteiger partial charge in [0, 0.05) is 17.5 Å². The van der Waals surface area contributed by atoms with Crippen molar-refractivity contribution in [2.24, 2.45) is 0 Å². The maximum absolute atomic E-state index is 11.7. The van der Waals surface area contributed by atoms with Crippen LogP contribution >= 0.6 is 11.3 Å². The molecule has 0 aliphatic heterocycles. The Morgan fingerprint density at radius 2 is 2.05 bits per heavy atom. The second-order valence-electron chi connectivity index (χ2n) is 4.83. The van der Waals surface area contributed by atoms with Crippen molar-refractivity contribution in [1.29, 1.82) is 0 Å². The number of rotatable bonds is 6. The maximum atomic E-state index is 11.7. The summed E-state index contributed by atoms with van der Waals surface area (Å²) in [6.07, 6.45) is 2.58. The Labute approximate surface area is 124 Å². The Hall–Kier alpha value is -1.68. The SMILES string of the molecule is CCCCNC(=O)Cc1ccc(-c2csc(C)n2)cc1. The molecule has 1 amide bonds. The van der Waals surface area contributed by atoms with Crippen molar-refractivity contribution in [3.05, 3.63) is 40.2 Å². The molecule has 0 aliphatic carbocycles. The lowest BCUT2D eigenvalue weighted by molar-refractivity contribution is -0.120. The zero-order chi connectivity index (χ0) is 14.4. The molecule has 3 nitrogen and oxygen atoms in total. The largest absolute Gasteiger partial charge is 0.356 e. The van der Waals surface area contributed by atoms with Crippen molar-refractivity contribution in [2.45, 2.75) is 33.1 Å². The number of benzene rings is 1. The van der Waals surface area contributed by atoms with Gasteiger partial charge in [0.25, 0.3) is 0 Å². The molecule has 4 heteroatoms. The normalized spacial score (nSPS) is 10.5. The highest BCUT2D eigenvalue weighted by molar-refractivity contribution is 7.09. The van der Waals surface area contributed by atoms with E-state index in [9.17, 15) is 4.79 Å². The molecule has 1 N–H and O–H groups in total. The number of carbonyl (C=O) groups is 1. The van der Waals surface area contributed by atoms with Gasteiger partial charge in [-0.05, 0) is 18.9 Å². The molecule has 0 bridgehead atoms. The summed E-state index contributed by atoms with van der Waals surface area (Å²) in [5.74, 6) is 0.0932. The molecule has 20 heavy (non-hydrogen) atoms. The molecule has 2 aromatic rings. The first-order valence-electron chi connectivity index (χ1n) is 6.97. The number of thiazole rings is 1. The van der Waals surface area contributed by atoms with E-state index in [-0.39, 0.29) is 5.91 Å². The monoisotopic (exact) mass is 288 g/mol. The summed E-state index contributed by atoms with van der Waals surface area (Å²) in [5.41, 5.74) is 3.14. The van der Waals surface area contributed by atoms with Crippen molar-refractivity contribution in [3.63, 3.8) is 0 Å². The van der Waals surface area contributed by atoms with E-state index < -0.39 is 0 Å². The molecule has 0 saturated carbocycles. The number of hydrogen-bond donors (Lipinski definition) is 1. The van der Waals surface area contributed by atoms with Crippen LogP contribution in [0.15, 0.2) is 29.6 Å². The molecular formula is C16H20N2OS. The van der Waals surface area contributed by atoms with Crippen LogP contribution in [0.2, 0.25) is 0 Å². The Balaban J connectivity index is 1.93. The lowest BCUT2D eigenvalue weighted by Gasteiger charge is -2.05. The zero-order valence-corrected chi connectivity index (χ0v) is 12.8. The van der Waals surface area contributed by atoms with E-state index in [1.54, 1.807) is 11.3 Å². The predicted molar refractivity (Wildman–Crippen MR) is 83.9 cm³/mol. The van der Waals surface area contributed by atoms with Gasteiger partial charge in [0.15, 0.2) is 0 Å². The van der Waals surface area contributed by atoms with Gasteiger partial charge in [0.05, 0.1) is 17.1 Å². The second-order valence-corrected chi connectivity index (χ2v) is 5.89. The number of carbonyl (C=O) groups excluding carboxylic acids is 1. The Morgan fingerprint density at radius 1 is 1.30 bits per heavy atom. The first-order valence-corrected chi connectivity index (χ1v) is 7.85. The minimum absolute atomic E-state index is 0.0932. The molecule has 0 radical (unpaired) electrons. The van der Waals surface area contributed by atoms with E-state index in [4.69, 9.17) is 0 Å². The second kappa shape index (κ2) is 7.20. The Bertz CT molecular complexity index is 560. The average Bonchev–Trinajstić information content (AvgIpc) is 2.86. The van der Waals surface area contributed by atoms with Crippen LogP contribution in [0.3, 0.4) is 0 Å². The molecular weight excluding hydrogens is 268 g/mol. The van der Waals surface area contributed by atoms with E-state index in [0.29, 0.717) is 6.42 Å². The Kier molecular flexibility index (Phi) is 5.30. The maximum Gasteiger partial charge on any atom is 0.224 e. The van der Waals surface area contributed by atoms with E-state index in [1.807, 2.05) is 31.2 Å². The van der Waals surface area contributed by atoms with Crippen LogP contribution < -0.4 is 5.32 Å². The van der Waals surface area contributed by atoms with Crippen molar-refractivity contribution < 1.29 is 4.79 Å². The van der Waals surface area contributed by atoms with Gasteiger partial charge in [-0.1, -0.05) is 37.6 Å². The van der Waals surface area contributed by atoms with E-state index in [1.165, 1.54) is 0 Å². The molecule has 0 aliphatic rings. The van der Waals surface area contributed by atoms with Gasteiger partial charge in [-0.15, -0.1) is 11.3 Å². The van der Waals surface area contributed by atoms with Crippen molar-refractivity contribution >= 4 is 17.2 Å². The smallest absolute Gasteiger partial charge is 0.224 e. The van der Waals surface area contributed by atoms with E-state index in [0.717, 1.165) is 41.2 Å². The molecule has 2 rings (SSSR count). The van der Waals surface area contributed by atoms with E-state index in [2.05, 4.69) is 22.6 Å². The van der Waals surface area contributed by atoms with Gasteiger partial charge in [0.1, 0.15) is 0 Å². The van der Waals surface area contributed by atoms with Gasteiger partial charge in [-0.25, -0.2) is 4.98 Å². The predicted octanol–water partition coefficient (Wildman–Crippen LogP) is 3.58. The standard InChI is InChI=1S/C16H20N2OS/c1-3-4-9-17-16(19)10-13-5-7-14(8-6-13)15-11-20-12(2)18-15/h5-8,11H,3-4,9-10H2,1-2H3,(H,17,19). The highest BCUT2D eigenvalue weighted by Crippen LogP contribution is 2.21. The first-order chi connectivity index (χ1) is 9.69. The van der Waals surface area contributed by atoms with Crippen LogP contribution in [-0.4, -0.2) is 17.4 Å². The molecule has 0 saturated heterocycles. The third kappa shape index (κ3) is 4.17. The van der Waals surface area contributed by atoms with Gasteiger partial charge in [-0.3, -0.25) is 4.79 Å². The molecule has 0 spiro atoms. The summed E-state index contributed by atoms with van der Waals surface area (Å²) < 4.78 is 0. The van der Waals surface area contributed by atoms with Crippen molar-refractivity contribution in [3.8, 4) is 11.3 Å². The summed E-state index contributed by atoms with van der Waals surface area (Å²) in [6.45, 7) is 4.89. The van der Waals surface area contributed by atoms with E-state index >= 15 is 0 Å². The number of nitrogens with one attached hydrogen (secondary N) is 1. The number of amides is 1. The molecule has 0 fully saturated rings. The molecule has 0 atom stereocenters. The quantitative estimate of drug-likeness (QED) is 0.826. The topological polar surface area (TPSA) is 42.0 Å². The molecule has 1 aromatic heterocycles.